The van der Waals surface area contributed by atoms with Crippen molar-refractivity contribution in [2.45, 2.75) is 64.8 Å². The molecule has 0 radical (unpaired) electrons. The molecule has 2 aliphatic heterocycles. The predicted molar refractivity (Wildman–Crippen MR) is 143 cm³/mol. The molecule has 2 aliphatic rings. The van der Waals surface area contributed by atoms with E-state index in [9.17, 15) is 14.7 Å². The molecule has 2 heterocycles. The number of nitrogens with zero attached hydrogens (tertiary/aromatic N) is 2. The van der Waals surface area contributed by atoms with Gasteiger partial charge in [-0.3, -0.25) is 14.5 Å². The summed E-state index contributed by atoms with van der Waals surface area (Å²) >= 11 is 0. The van der Waals surface area contributed by atoms with Crippen LogP contribution in [0.1, 0.15) is 75.1 Å². The van der Waals surface area contributed by atoms with Gasteiger partial charge in [0.15, 0.2) is 11.5 Å². The second-order valence-electron chi connectivity index (χ2n) is 10.1. The van der Waals surface area contributed by atoms with Crippen molar-refractivity contribution in [2.24, 2.45) is 5.92 Å². The molecular weight excluding hydrogens is 468 g/mol. The van der Waals surface area contributed by atoms with Crippen LogP contribution in [0.3, 0.4) is 0 Å². The van der Waals surface area contributed by atoms with E-state index < -0.39 is 17.9 Å². The van der Waals surface area contributed by atoms with Gasteiger partial charge in [-0.25, -0.2) is 0 Å². The van der Waals surface area contributed by atoms with Crippen LogP contribution in [0, 0.1) is 5.92 Å². The van der Waals surface area contributed by atoms with Crippen molar-refractivity contribution in [3.63, 3.8) is 0 Å². The molecule has 200 valence electrons. The van der Waals surface area contributed by atoms with E-state index in [1.807, 2.05) is 35.2 Å². The summed E-state index contributed by atoms with van der Waals surface area (Å²) in [6.07, 6.45) is 4.90. The van der Waals surface area contributed by atoms with Crippen molar-refractivity contribution in [1.29, 1.82) is 0 Å². The third-order valence-electron chi connectivity index (χ3n) is 7.69. The second-order valence-corrected chi connectivity index (χ2v) is 10.1. The Morgan fingerprint density at radius 2 is 1.59 bits per heavy atom. The SMILES string of the molecule is CCCCN(CCCC)C(=O)CN1CC(c2ccc3c(c2)OCO3)C(C(=O)O)C1c1ccc(CC)cc1. The van der Waals surface area contributed by atoms with E-state index in [1.54, 1.807) is 0 Å². The normalized spacial score (nSPS) is 20.8. The van der Waals surface area contributed by atoms with Gasteiger partial charge in [0.05, 0.1) is 12.5 Å². The van der Waals surface area contributed by atoms with E-state index in [0.717, 1.165) is 56.3 Å². The number of unbranched alkanes of at least 4 members (excludes halogenated alkanes) is 2. The molecule has 1 amide bonds. The average Bonchev–Trinajstić information content (AvgIpc) is 3.53. The molecule has 7 nitrogen and oxygen atoms in total. The number of hydrogen-bond donors (Lipinski definition) is 1. The number of aliphatic carboxylic acids is 1. The lowest BCUT2D eigenvalue weighted by Gasteiger charge is -2.30. The zero-order chi connectivity index (χ0) is 26.4. The van der Waals surface area contributed by atoms with E-state index in [-0.39, 0.29) is 25.2 Å². The summed E-state index contributed by atoms with van der Waals surface area (Å²) in [5.74, 6) is -0.431. The lowest BCUT2D eigenvalue weighted by Crippen LogP contribution is -2.42. The number of carboxylic acid groups (broad SMARTS) is 1. The van der Waals surface area contributed by atoms with Crippen molar-refractivity contribution >= 4 is 11.9 Å². The third-order valence-corrected chi connectivity index (χ3v) is 7.69. The number of likely N-dealkylation sites (tertiary alicyclic amines) is 1. The number of hydrogen-bond acceptors (Lipinski definition) is 5. The van der Waals surface area contributed by atoms with Gasteiger partial charge < -0.3 is 19.5 Å². The minimum Gasteiger partial charge on any atom is -0.481 e. The van der Waals surface area contributed by atoms with Crippen LogP contribution >= 0.6 is 0 Å². The van der Waals surface area contributed by atoms with Gasteiger partial charge in [-0.1, -0.05) is 63.9 Å². The molecular formula is C30H40N2O5. The van der Waals surface area contributed by atoms with Gasteiger partial charge in [0.2, 0.25) is 12.7 Å². The number of benzene rings is 2. The Kier molecular flexibility index (Phi) is 9.09. The molecule has 1 N–H and O–H groups in total. The van der Waals surface area contributed by atoms with Crippen molar-refractivity contribution in [3.05, 3.63) is 59.2 Å². The Morgan fingerprint density at radius 3 is 2.22 bits per heavy atom. The molecule has 4 rings (SSSR count). The predicted octanol–water partition coefficient (Wildman–Crippen LogP) is 5.25. The Bertz CT molecular complexity index is 1060. The molecule has 1 saturated heterocycles. The van der Waals surface area contributed by atoms with Crippen LogP contribution in [0.15, 0.2) is 42.5 Å². The highest BCUT2D eigenvalue weighted by molar-refractivity contribution is 5.79. The van der Waals surface area contributed by atoms with Crippen LogP contribution in [0.25, 0.3) is 0 Å². The largest absolute Gasteiger partial charge is 0.481 e. The summed E-state index contributed by atoms with van der Waals surface area (Å²) in [6.45, 7) is 8.71. The van der Waals surface area contributed by atoms with Crippen LogP contribution in [0.5, 0.6) is 11.5 Å². The van der Waals surface area contributed by atoms with Crippen LogP contribution in [0.4, 0.5) is 0 Å². The summed E-state index contributed by atoms with van der Waals surface area (Å²) < 4.78 is 11.1. The molecule has 7 heteroatoms. The van der Waals surface area contributed by atoms with Crippen molar-refractivity contribution in [1.82, 2.24) is 9.80 Å². The summed E-state index contributed by atoms with van der Waals surface area (Å²) in [5, 5.41) is 10.5. The molecule has 1 fully saturated rings. The number of rotatable bonds is 12. The van der Waals surface area contributed by atoms with E-state index >= 15 is 0 Å². The highest BCUT2D eigenvalue weighted by Crippen LogP contribution is 2.47. The Labute approximate surface area is 220 Å². The van der Waals surface area contributed by atoms with Gasteiger partial charge in [0.25, 0.3) is 0 Å². The number of carboxylic acids is 1. The molecule has 0 bridgehead atoms. The topological polar surface area (TPSA) is 79.3 Å². The molecule has 0 spiro atoms. The van der Waals surface area contributed by atoms with Gasteiger partial charge in [-0.05, 0) is 48.1 Å². The fraction of sp³-hybridized carbons (Fsp3) is 0.533. The number of fused-ring (bicyclic) bond motifs is 1. The number of carbonyl (C=O) groups is 2. The number of ether oxygens (including phenoxy) is 2. The summed E-state index contributed by atoms with van der Waals surface area (Å²) in [6, 6.07) is 13.5. The van der Waals surface area contributed by atoms with E-state index in [2.05, 4.69) is 37.8 Å². The molecule has 0 aliphatic carbocycles. The highest BCUT2D eigenvalue weighted by atomic mass is 16.7. The van der Waals surface area contributed by atoms with Gasteiger partial charge in [0.1, 0.15) is 0 Å². The molecule has 2 aromatic rings. The van der Waals surface area contributed by atoms with Crippen molar-refractivity contribution in [2.75, 3.05) is 33.0 Å². The number of amides is 1. The quantitative estimate of drug-likeness (QED) is 0.422. The summed E-state index contributed by atoms with van der Waals surface area (Å²) in [5.41, 5.74) is 3.04. The minimum atomic E-state index is -0.851. The lowest BCUT2D eigenvalue weighted by molar-refractivity contribution is -0.144. The average molecular weight is 509 g/mol. The Hall–Kier alpha value is -3.06. The van der Waals surface area contributed by atoms with Gasteiger partial charge in [-0.2, -0.15) is 0 Å². The maximum atomic E-state index is 13.6. The minimum absolute atomic E-state index is 0.0764. The first-order chi connectivity index (χ1) is 18.0. The van der Waals surface area contributed by atoms with E-state index in [1.165, 1.54) is 5.56 Å². The fourth-order valence-corrected chi connectivity index (χ4v) is 5.56. The Balaban J connectivity index is 1.67. The molecule has 37 heavy (non-hydrogen) atoms. The first-order valence-electron chi connectivity index (χ1n) is 13.7. The standard InChI is InChI=1S/C30H40N2O5/c1-4-7-15-31(16-8-5-2)27(33)19-32-18-24(23-13-14-25-26(17-23)37-20-36-25)28(30(34)35)29(32)22-11-9-21(6-3)10-12-22/h9-14,17,24,28-29H,4-8,15-16,18-20H2,1-3H3,(H,34,35). The monoisotopic (exact) mass is 508 g/mol. The summed E-state index contributed by atoms with van der Waals surface area (Å²) in [7, 11) is 0. The van der Waals surface area contributed by atoms with Gasteiger partial charge in [-0.15, -0.1) is 0 Å². The van der Waals surface area contributed by atoms with E-state index in [4.69, 9.17) is 9.47 Å². The molecule has 0 aromatic heterocycles. The van der Waals surface area contributed by atoms with Gasteiger partial charge in [0, 0.05) is 31.6 Å². The Morgan fingerprint density at radius 1 is 0.946 bits per heavy atom. The zero-order valence-corrected chi connectivity index (χ0v) is 22.3. The molecule has 3 unspecified atom stereocenters. The molecule has 2 aromatic carbocycles. The van der Waals surface area contributed by atoms with Crippen LogP contribution in [-0.2, 0) is 16.0 Å². The maximum absolute atomic E-state index is 13.6. The molecule has 3 atom stereocenters. The smallest absolute Gasteiger partial charge is 0.309 e. The first-order valence-corrected chi connectivity index (χ1v) is 13.7. The molecule has 0 saturated carbocycles. The van der Waals surface area contributed by atoms with E-state index in [0.29, 0.717) is 18.0 Å². The third kappa shape index (κ3) is 6.09. The highest BCUT2D eigenvalue weighted by Gasteiger charge is 2.48. The number of aryl methyl sites for hydroxylation is 1. The second kappa shape index (κ2) is 12.5. The first kappa shape index (κ1) is 27.0. The fourth-order valence-electron chi connectivity index (χ4n) is 5.56. The van der Waals surface area contributed by atoms with Gasteiger partial charge >= 0.3 is 5.97 Å². The maximum Gasteiger partial charge on any atom is 0.309 e. The zero-order valence-electron chi connectivity index (χ0n) is 22.3. The summed E-state index contributed by atoms with van der Waals surface area (Å²) in [4.78, 5) is 30.4. The number of carbonyl (C=O) groups excluding carboxylic acids is 1. The van der Waals surface area contributed by atoms with Crippen LogP contribution < -0.4 is 9.47 Å². The van der Waals surface area contributed by atoms with Crippen LogP contribution in [0.2, 0.25) is 0 Å². The lowest BCUT2D eigenvalue weighted by atomic mass is 9.82. The van der Waals surface area contributed by atoms with Crippen molar-refractivity contribution < 1.29 is 24.2 Å². The van der Waals surface area contributed by atoms with Crippen LogP contribution in [-0.4, -0.2) is 59.8 Å². The van der Waals surface area contributed by atoms with Crippen molar-refractivity contribution in [3.8, 4) is 11.5 Å².